The third-order valence-corrected chi connectivity index (χ3v) is 6.55. The zero-order chi connectivity index (χ0) is 16.2. The van der Waals surface area contributed by atoms with E-state index >= 15 is 0 Å². The first-order valence-electron chi connectivity index (χ1n) is 8.34. The second-order valence-corrected chi connectivity index (χ2v) is 8.86. The van der Waals surface area contributed by atoms with E-state index in [0.29, 0.717) is 24.5 Å². The lowest BCUT2D eigenvalue weighted by molar-refractivity contribution is 0.115. The molecule has 0 bridgehead atoms. The summed E-state index contributed by atoms with van der Waals surface area (Å²) in [5.41, 5.74) is 0. The predicted octanol–water partition coefficient (Wildman–Crippen LogP) is 0.601. The topological polar surface area (TPSA) is 73.8 Å². The van der Waals surface area contributed by atoms with Gasteiger partial charge >= 0.3 is 0 Å². The molecular weight excluding hydrogens is 300 g/mol. The average molecular weight is 330 g/mol. The molecule has 128 valence electrons. The van der Waals surface area contributed by atoms with E-state index in [1.54, 1.807) is 7.05 Å². The maximum absolute atomic E-state index is 11.5. The lowest BCUT2D eigenvalue weighted by Crippen LogP contribution is -2.51. The van der Waals surface area contributed by atoms with Crippen LogP contribution in [0.5, 0.6) is 0 Å². The molecule has 2 heterocycles. The molecule has 0 spiro atoms. The molecular formula is C15H30N4O2S. The van der Waals surface area contributed by atoms with Crippen molar-refractivity contribution in [2.75, 3.05) is 31.6 Å². The van der Waals surface area contributed by atoms with Crippen molar-refractivity contribution >= 4 is 15.8 Å². The Morgan fingerprint density at radius 2 is 2.14 bits per heavy atom. The lowest BCUT2D eigenvalue weighted by Gasteiger charge is -2.38. The Morgan fingerprint density at radius 3 is 2.73 bits per heavy atom. The number of guanidine groups is 1. The van der Waals surface area contributed by atoms with Crippen LogP contribution in [0.25, 0.3) is 0 Å². The van der Waals surface area contributed by atoms with Gasteiger partial charge in [0.05, 0.1) is 11.5 Å². The monoisotopic (exact) mass is 330 g/mol. The van der Waals surface area contributed by atoms with Crippen molar-refractivity contribution in [1.82, 2.24) is 15.5 Å². The fourth-order valence-electron chi connectivity index (χ4n) is 3.43. The highest BCUT2D eigenvalue weighted by Gasteiger charge is 2.28. The van der Waals surface area contributed by atoms with Crippen molar-refractivity contribution in [2.45, 2.75) is 57.7 Å². The molecule has 0 aliphatic carbocycles. The van der Waals surface area contributed by atoms with Crippen LogP contribution in [-0.4, -0.2) is 69.0 Å². The van der Waals surface area contributed by atoms with Crippen molar-refractivity contribution < 1.29 is 8.42 Å². The largest absolute Gasteiger partial charge is 0.355 e. The fraction of sp³-hybridized carbons (Fsp3) is 0.933. The normalized spacial score (nSPS) is 31.0. The van der Waals surface area contributed by atoms with Crippen LogP contribution < -0.4 is 10.6 Å². The summed E-state index contributed by atoms with van der Waals surface area (Å²) in [6, 6.07) is 1.07. The summed E-state index contributed by atoms with van der Waals surface area (Å²) in [7, 11) is -1.13. The highest BCUT2D eigenvalue weighted by atomic mass is 32.2. The first kappa shape index (κ1) is 17.5. The summed E-state index contributed by atoms with van der Waals surface area (Å²) in [4.78, 5) is 6.76. The summed E-state index contributed by atoms with van der Waals surface area (Å²) in [6.45, 7) is 6.52. The van der Waals surface area contributed by atoms with Gasteiger partial charge in [-0.05, 0) is 39.7 Å². The number of aliphatic imine (C=N–C) groups is 1. The zero-order valence-corrected chi connectivity index (χ0v) is 14.8. The zero-order valence-electron chi connectivity index (χ0n) is 14.0. The number of hydrogen-bond donors (Lipinski definition) is 2. The Balaban J connectivity index is 1.78. The molecule has 22 heavy (non-hydrogen) atoms. The van der Waals surface area contributed by atoms with Crippen LogP contribution in [0, 0.1) is 0 Å². The van der Waals surface area contributed by atoms with E-state index < -0.39 is 9.84 Å². The summed E-state index contributed by atoms with van der Waals surface area (Å²) in [6.07, 6.45) is 4.55. The molecule has 2 rings (SSSR count). The number of rotatable bonds is 4. The molecule has 0 saturated carbocycles. The fourth-order valence-corrected chi connectivity index (χ4v) is 5.11. The molecule has 0 aromatic heterocycles. The first-order chi connectivity index (χ1) is 10.4. The standard InChI is InChI=1S/C15H30N4O2S/c1-12-6-4-5-8-19(12)13(2)10-17-15(16-3)18-14-7-9-22(20,21)11-14/h12-14H,4-11H2,1-3H3,(H2,16,17,18). The SMILES string of the molecule is CN=C(NCC(C)N1CCCCC1C)NC1CCS(=O)(=O)C1. The van der Waals surface area contributed by atoms with Gasteiger partial charge in [-0.2, -0.15) is 0 Å². The highest BCUT2D eigenvalue weighted by Crippen LogP contribution is 2.18. The van der Waals surface area contributed by atoms with Crippen molar-refractivity contribution in [3.63, 3.8) is 0 Å². The molecule has 2 aliphatic rings. The highest BCUT2D eigenvalue weighted by molar-refractivity contribution is 7.91. The van der Waals surface area contributed by atoms with E-state index in [0.717, 1.165) is 13.1 Å². The maximum atomic E-state index is 11.5. The lowest BCUT2D eigenvalue weighted by atomic mass is 10.0. The van der Waals surface area contributed by atoms with Crippen LogP contribution in [0.15, 0.2) is 4.99 Å². The van der Waals surface area contributed by atoms with E-state index in [1.807, 2.05) is 0 Å². The van der Waals surface area contributed by atoms with Gasteiger partial charge in [-0.1, -0.05) is 6.42 Å². The van der Waals surface area contributed by atoms with Crippen LogP contribution in [0.4, 0.5) is 0 Å². The van der Waals surface area contributed by atoms with Gasteiger partial charge in [0.25, 0.3) is 0 Å². The molecule has 2 N–H and O–H groups in total. The van der Waals surface area contributed by atoms with Crippen molar-refractivity contribution in [1.29, 1.82) is 0 Å². The van der Waals surface area contributed by atoms with Gasteiger partial charge < -0.3 is 10.6 Å². The minimum absolute atomic E-state index is 0.0135. The van der Waals surface area contributed by atoms with Gasteiger partial charge in [0.2, 0.25) is 0 Å². The van der Waals surface area contributed by atoms with Crippen molar-refractivity contribution in [2.24, 2.45) is 4.99 Å². The quantitative estimate of drug-likeness (QED) is 0.583. The molecule has 2 saturated heterocycles. The van der Waals surface area contributed by atoms with Gasteiger partial charge in [0, 0.05) is 31.7 Å². The third-order valence-electron chi connectivity index (χ3n) is 4.78. The smallest absolute Gasteiger partial charge is 0.191 e. The molecule has 6 nitrogen and oxygen atoms in total. The first-order valence-corrected chi connectivity index (χ1v) is 10.2. The predicted molar refractivity (Wildman–Crippen MR) is 91.0 cm³/mol. The number of nitrogens with one attached hydrogen (secondary N) is 2. The Bertz CT molecular complexity index is 492. The molecule has 2 aliphatic heterocycles. The summed E-state index contributed by atoms with van der Waals surface area (Å²) < 4.78 is 23.0. The molecule has 0 amide bonds. The number of likely N-dealkylation sites (tertiary alicyclic amines) is 1. The molecule has 0 aromatic carbocycles. The third kappa shape index (κ3) is 4.84. The summed E-state index contributed by atoms with van der Waals surface area (Å²) in [5, 5.41) is 6.58. The number of hydrogen-bond acceptors (Lipinski definition) is 4. The minimum Gasteiger partial charge on any atom is -0.355 e. The van der Waals surface area contributed by atoms with Crippen molar-refractivity contribution in [3.05, 3.63) is 0 Å². The van der Waals surface area contributed by atoms with Gasteiger partial charge in [-0.3, -0.25) is 9.89 Å². The molecule has 3 atom stereocenters. The summed E-state index contributed by atoms with van der Waals surface area (Å²) >= 11 is 0. The van der Waals surface area contributed by atoms with E-state index in [9.17, 15) is 8.42 Å². The summed E-state index contributed by atoms with van der Waals surface area (Å²) in [5.74, 6) is 1.20. The molecule has 0 aromatic rings. The van der Waals surface area contributed by atoms with E-state index in [1.165, 1.54) is 19.3 Å². The second-order valence-electron chi connectivity index (χ2n) is 6.63. The second kappa shape index (κ2) is 7.64. The van der Waals surface area contributed by atoms with Crippen LogP contribution in [0.2, 0.25) is 0 Å². The number of piperidine rings is 1. The van der Waals surface area contributed by atoms with Crippen molar-refractivity contribution in [3.8, 4) is 0 Å². The molecule has 2 fully saturated rings. The number of nitrogens with zero attached hydrogens (tertiary/aromatic N) is 2. The Hall–Kier alpha value is -0.820. The molecule has 7 heteroatoms. The molecule has 0 radical (unpaired) electrons. The minimum atomic E-state index is -2.86. The Labute approximate surface area is 134 Å². The van der Waals surface area contributed by atoms with Crippen LogP contribution in [0.3, 0.4) is 0 Å². The van der Waals surface area contributed by atoms with Crippen LogP contribution in [-0.2, 0) is 9.84 Å². The maximum Gasteiger partial charge on any atom is 0.191 e. The van der Waals surface area contributed by atoms with Crippen LogP contribution in [0.1, 0.15) is 39.5 Å². The number of sulfone groups is 1. The van der Waals surface area contributed by atoms with Crippen LogP contribution >= 0.6 is 0 Å². The van der Waals surface area contributed by atoms with E-state index in [2.05, 4.69) is 34.4 Å². The van der Waals surface area contributed by atoms with E-state index in [4.69, 9.17) is 0 Å². The van der Waals surface area contributed by atoms with E-state index in [-0.39, 0.29) is 17.5 Å². The molecule has 3 unspecified atom stereocenters. The Morgan fingerprint density at radius 1 is 1.36 bits per heavy atom. The average Bonchev–Trinajstić information content (AvgIpc) is 2.82. The van der Waals surface area contributed by atoms with Gasteiger partial charge in [0.1, 0.15) is 0 Å². The Kier molecular flexibility index (Phi) is 6.09. The van der Waals surface area contributed by atoms with Gasteiger partial charge in [0.15, 0.2) is 15.8 Å². The van der Waals surface area contributed by atoms with Gasteiger partial charge in [-0.25, -0.2) is 8.42 Å². The van der Waals surface area contributed by atoms with Gasteiger partial charge in [-0.15, -0.1) is 0 Å².